The minimum atomic E-state index is -0.439. The highest BCUT2D eigenvalue weighted by atomic mass is 16.6. The number of hydrogen-bond acceptors (Lipinski definition) is 4. The van der Waals surface area contributed by atoms with Gasteiger partial charge in [-0.3, -0.25) is 4.90 Å². The number of carbonyl (C=O) groups is 1. The average Bonchev–Trinajstić information content (AvgIpc) is 2.05. The number of hydrogen-bond donors (Lipinski definition) is 2. The molecule has 94 valence electrons. The Morgan fingerprint density at radius 1 is 1.50 bits per heavy atom. The van der Waals surface area contributed by atoms with Gasteiger partial charge in [-0.05, 0) is 27.2 Å². The highest BCUT2D eigenvalue weighted by molar-refractivity contribution is 5.67. The quantitative estimate of drug-likeness (QED) is 0.693. The zero-order chi connectivity index (χ0) is 12.2. The van der Waals surface area contributed by atoms with Gasteiger partial charge in [0, 0.05) is 26.2 Å². The molecule has 0 bridgehead atoms. The van der Waals surface area contributed by atoms with E-state index in [1.165, 1.54) is 0 Å². The second-order valence-electron chi connectivity index (χ2n) is 5.20. The third-order valence-corrected chi connectivity index (χ3v) is 2.26. The fourth-order valence-corrected chi connectivity index (χ4v) is 1.53. The summed E-state index contributed by atoms with van der Waals surface area (Å²) in [6.07, 6.45) is 0.362. The van der Waals surface area contributed by atoms with E-state index in [1.807, 2.05) is 20.8 Å². The summed E-state index contributed by atoms with van der Waals surface area (Å²) >= 11 is 0. The maximum atomic E-state index is 11.3. The molecule has 0 unspecified atom stereocenters. The number of likely N-dealkylation sites (tertiary alicyclic amines) is 1. The number of nitrogens with zero attached hydrogens (tertiary/aromatic N) is 1. The number of ether oxygens (including phenoxy) is 1. The van der Waals surface area contributed by atoms with Crippen LogP contribution in [0.25, 0.3) is 0 Å². The molecule has 5 nitrogen and oxygen atoms in total. The van der Waals surface area contributed by atoms with Crippen molar-refractivity contribution in [3.05, 3.63) is 0 Å². The van der Waals surface area contributed by atoms with Crippen molar-refractivity contribution in [2.24, 2.45) is 0 Å². The number of rotatable bonds is 4. The molecule has 0 aromatic rings. The second kappa shape index (κ2) is 5.50. The van der Waals surface area contributed by atoms with E-state index in [4.69, 9.17) is 9.84 Å². The SMILES string of the molecule is CC(C)(C)OC(=O)NCCCN1CC(O)C1. The topological polar surface area (TPSA) is 61.8 Å². The van der Waals surface area contributed by atoms with Crippen LogP contribution in [0.4, 0.5) is 4.79 Å². The van der Waals surface area contributed by atoms with E-state index in [0.717, 1.165) is 26.1 Å². The molecule has 16 heavy (non-hydrogen) atoms. The summed E-state index contributed by atoms with van der Waals surface area (Å²) in [4.78, 5) is 13.4. The lowest BCUT2D eigenvalue weighted by molar-refractivity contribution is 0.00156. The first-order valence-electron chi connectivity index (χ1n) is 5.74. The number of alkyl carbamates (subject to hydrolysis) is 1. The zero-order valence-corrected chi connectivity index (χ0v) is 10.3. The van der Waals surface area contributed by atoms with Crippen molar-refractivity contribution in [3.8, 4) is 0 Å². The maximum absolute atomic E-state index is 11.3. The van der Waals surface area contributed by atoms with Gasteiger partial charge >= 0.3 is 6.09 Å². The Morgan fingerprint density at radius 3 is 2.62 bits per heavy atom. The van der Waals surface area contributed by atoms with Crippen LogP contribution in [0.3, 0.4) is 0 Å². The van der Waals surface area contributed by atoms with E-state index in [2.05, 4.69) is 10.2 Å². The molecule has 0 aromatic carbocycles. The Bertz CT molecular complexity index is 232. The Kier molecular flexibility index (Phi) is 4.56. The van der Waals surface area contributed by atoms with Crippen molar-refractivity contribution in [1.29, 1.82) is 0 Å². The standard InChI is InChI=1S/C11H22N2O3/c1-11(2,3)16-10(15)12-5-4-6-13-7-9(14)8-13/h9,14H,4-8H2,1-3H3,(H,12,15). The molecular formula is C11H22N2O3. The van der Waals surface area contributed by atoms with Gasteiger partial charge in [0.05, 0.1) is 6.10 Å². The molecule has 0 saturated carbocycles. The number of aliphatic hydroxyl groups is 1. The van der Waals surface area contributed by atoms with Crippen LogP contribution in [0.2, 0.25) is 0 Å². The fourth-order valence-electron chi connectivity index (χ4n) is 1.53. The van der Waals surface area contributed by atoms with Crippen LogP contribution in [-0.2, 0) is 4.74 Å². The molecule has 1 saturated heterocycles. The van der Waals surface area contributed by atoms with Crippen LogP contribution in [0.15, 0.2) is 0 Å². The number of nitrogens with one attached hydrogen (secondary N) is 1. The van der Waals surface area contributed by atoms with E-state index < -0.39 is 5.60 Å². The molecule has 1 aliphatic rings. The summed E-state index contributed by atoms with van der Waals surface area (Å²) in [6, 6.07) is 0. The largest absolute Gasteiger partial charge is 0.444 e. The lowest BCUT2D eigenvalue weighted by Gasteiger charge is -2.35. The van der Waals surface area contributed by atoms with Crippen molar-refractivity contribution in [1.82, 2.24) is 10.2 Å². The predicted octanol–water partition coefficient (Wildman–Crippen LogP) is 0.578. The second-order valence-corrected chi connectivity index (χ2v) is 5.20. The number of carbonyl (C=O) groups excluding carboxylic acids is 1. The van der Waals surface area contributed by atoms with Crippen LogP contribution >= 0.6 is 0 Å². The van der Waals surface area contributed by atoms with Crippen LogP contribution in [0, 0.1) is 0 Å². The molecule has 0 spiro atoms. The van der Waals surface area contributed by atoms with Gasteiger partial charge in [-0.15, -0.1) is 0 Å². The molecule has 2 N–H and O–H groups in total. The van der Waals surface area contributed by atoms with Crippen LogP contribution < -0.4 is 5.32 Å². The Hall–Kier alpha value is -0.810. The Balaban J connectivity index is 1.96. The van der Waals surface area contributed by atoms with Crippen LogP contribution in [-0.4, -0.2) is 54.0 Å². The van der Waals surface area contributed by atoms with Gasteiger partial charge < -0.3 is 15.2 Å². The molecule has 1 aliphatic heterocycles. The monoisotopic (exact) mass is 230 g/mol. The minimum absolute atomic E-state index is 0.154. The van der Waals surface area contributed by atoms with Crippen molar-refractivity contribution in [2.75, 3.05) is 26.2 Å². The van der Waals surface area contributed by atoms with Gasteiger partial charge in [0.15, 0.2) is 0 Å². The average molecular weight is 230 g/mol. The number of β-amino-alcohol motifs (C(OH)–C–C–N with tert-alkyl or cyclic N) is 1. The molecule has 0 aliphatic carbocycles. The van der Waals surface area contributed by atoms with Gasteiger partial charge in [0.25, 0.3) is 0 Å². The first kappa shape index (κ1) is 13.3. The third-order valence-electron chi connectivity index (χ3n) is 2.26. The normalized spacial score (nSPS) is 18.0. The van der Waals surface area contributed by atoms with Crippen molar-refractivity contribution >= 4 is 6.09 Å². The number of aliphatic hydroxyl groups excluding tert-OH is 1. The number of amides is 1. The molecule has 1 rings (SSSR count). The van der Waals surface area contributed by atoms with E-state index >= 15 is 0 Å². The molecule has 1 fully saturated rings. The highest BCUT2D eigenvalue weighted by Crippen LogP contribution is 2.07. The van der Waals surface area contributed by atoms with Crippen molar-refractivity contribution < 1.29 is 14.6 Å². The summed E-state index contributed by atoms with van der Waals surface area (Å²) in [6.45, 7) is 8.56. The minimum Gasteiger partial charge on any atom is -0.444 e. The van der Waals surface area contributed by atoms with Crippen LogP contribution in [0.5, 0.6) is 0 Å². The van der Waals surface area contributed by atoms with Gasteiger partial charge in [0.1, 0.15) is 5.60 Å². The Morgan fingerprint density at radius 2 is 2.12 bits per heavy atom. The van der Waals surface area contributed by atoms with E-state index in [-0.39, 0.29) is 12.2 Å². The molecular weight excluding hydrogens is 208 g/mol. The third kappa shape index (κ3) is 5.32. The van der Waals surface area contributed by atoms with Gasteiger partial charge in [-0.2, -0.15) is 0 Å². The molecule has 0 radical (unpaired) electrons. The molecule has 0 atom stereocenters. The highest BCUT2D eigenvalue weighted by Gasteiger charge is 2.23. The zero-order valence-electron chi connectivity index (χ0n) is 10.3. The van der Waals surface area contributed by atoms with E-state index in [1.54, 1.807) is 0 Å². The van der Waals surface area contributed by atoms with E-state index in [0.29, 0.717) is 6.54 Å². The molecule has 1 amide bonds. The lowest BCUT2D eigenvalue weighted by Crippen LogP contribution is -2.51. The predicted molar refractivity (Wildman–Crippen MR) is 61.3 cm³/mol. The summed E-state index contributed by atoms with van der Waals surface area (Å²) in [5.74, 6) is 0. The van der Waals surface area contributed by atoms with Crippen molar-refractivity contribution in [2.45, 2.75) is 38.9 Å². The summed E-state index contributed by atoms with van der Waals surface area (Å²) in [5, 5.41) is 11.8. The summed E-state index contributed by atoms with van der Waals surface area (Å²) in [7, 11) is 0. The first-order valence-corrected chi connectivity index (χ1v) is 5.74. The first-order chi connectivity index (χ1) is 7.37. The van der Waals surface area contributed by atoms with Gasteiger partial charge in [-0.25, -0.2) is 4.79 Å². The molecule has 1 heterocycles. The Labute approximate surface area is 96.8 Å². The summed E-state index contributed by atoms with van der Waals surface area (Å²) in [5.41, 5.74) is -0.439. The van der Waals surface area contributed by atoms with Crippen LogP contribution in [0.1, 0.15) is 27.2 Å². The van der Waals surface area contributed by atoms with E-state index in [9.17, 15) is 4.79 Å². The van der Waals surface area contributed by atoms with Gasteiger partial charge in [0.2, 0.25) is 0 Å². The smallest absolute Gasteiger partial charge is 0.407 e. The summed E-state index contributed by atoms with van der Waals surface area (Å²) < 4.78 is 5.10. The molecule has 0 aromatic heterocycles. The lowest BCUT2D eigenvalue weighted by atomic mass is 10.1. The maximum Gasteiger partial charge on any atom is 0.407 e. The van der Waals surface area contributed by atoms with Gasteiger partial charge in [-0.1, -0.05) is 0 Å². The molecule has 5 heteroatoms. The fraction of sp³-hybridized carbons (Fsp3) is 0.909. The van der Waals surface area contributed by atoms with Crippen molar-refractivity contribution in [3.63, 3.8) is 0 Å².